The summed E-state index contributed by atoms with van der Waals surface area (Å²) in [5.74, 6) is -3.25. The van der Waals surface area contributed by atoms with E-state index in [9.17, 15) is 24.6 Å². The average Bonchev–Trinajstić information content (AvgIpc) is 3.03. The number of nitrogens with one attached hydrogen (secondary N) is 1. The Morgan fingerprint density at radius 1 is 0.962 bits per heavy atom. The third-order valence-corrected chi connectivity index (χ3v) is 4.18. The molecule has 132 valence electrons. The lowest BCUT2D eigenvalue weighted by Gasteiger charge is -2.09. The standard InChI is InChI=1S/C17H11BrN2O6/c18-8-3-1-7(2-4-8)9-5-6-10(26-9)11-12(16(22)23)14(19)20-15(21)13(11)17(24)25/h1-6H,(H,22,23)(H,24,25)(H3,19,20,21). The van der Waals surface area contributed by atoms with E-state index < -0.39 is 34.4 Å². The monoisotopic (exact) mass is 418 g/mol. The van der Waals surface area contributed by atoms with Gasteiger partial charge in [0, 0.05) is 10.0 Å². The van der Waals surface area contributed by atoms with E-state index in [0.29, 0.717) is 11.3 Å². The van der Waals surface area contributed by atoms with Crippen LogP contribution >= 0.6 is 15.9 Å². The molecule has 0 amide bonds. The molecule has 2 aromatic heterocycles. The molecule has 0 radical (unpaired) electrons. The second kappa shape index (κ2) is 6.52. The smallest absolute Gasteiger partial charge is 0.342 e. The summed E-state index contributed by atoms with van der Waals surface area (Å²) >= 11 is 3.31. The minimum atomic E-state index is -1.59. The number of nitrogen functional groups attached to an aromatic ring is 1. The van der Waals surface area contributed by atoms with Gasteiger partial charge in [0.25, 0.3) is 5.56 Å². The molecule has 1 aromatic carbocycles. The van der Waals surface area contributed by atoms with Crippen LogP contribution in [0.15, 0.2) is 50.1 Å². The molecule has 0 saturated heterocycles. The van der Waals surface area contributed by atoms with Crippen molar-refractivity contribution in [2.24, 2.45) is 0 Å². The number of pyridine rings is 1. The van der Waals surface area contributed by atoms with Gasteiger partial charge in [-0.15, -0.1) is 0 Å². The van der Waals surface area contributed by atoms with Gasteiger partial charge in [-0.1, -0.05) is 28.1 Å². The molecule has 8 nitrogen and oxygen atoms in total. The van der Waals surface area contributed by atoms with E-state index in [1.807, 2.05) is 4.98 Å². The number of rotatable bonds is 4. The summed E-state index contributed by atoms with van der Waals surface area (Å²) in [6, 6.07) is 10.0. The number of nitrogens with two attached hydrogens (primary N) is 1. The Bertz CT molecular complexity index is 1080. The Morgan fingerprint density at radius 2 is 1.54 bits per heavy atom. The average molecular weight is 419 g/mol. The number of hydrogen-bond acceptors (Lipinski definition) is 5. The van der Waals surface area contributed by atoms with Gasteiger partial charge < -0.3 is 25.3 Å². The summed E-state index contributed by atoms with van der Waals surface area (Å²) in [6.45, 7) is 0. The van der Waals surface area contributed by atoms with Crippen LogP contribution in [0.1, 0.15) is 20.7 Å². The molecule has 0 spiro atoms. The van der Waals surface area contributed by atoms with Gasteiger partial charge in [-0.05, 0) is 24.3 Å². The van der Waals surface area contributed by atoms with E-state index in [4.69, 9.17) is 10.2 Å². The van der Waals surface area contributed by atoms with Crippen LogP contribution in [0.3, 0.4) is 0 Å². The number of aromatic amines is 1. The van der Waals surface area contributed by atoms with Gasteiger partial charge in [-0.2, -0.15) is 0 Å². The zero-order valence-electron chi connectivity index (χ0n) is 12.9. The molecule has 3 aromatic rings. The van der Waals surface area contributed by atoms with E-state index in [1.54, 1.807) is 30.3 Å². The van der Waals surface area contributed by atoms with Gasteiger partial charge >= 0.3 is 11.9 Å². The first-order chi connectivity index (χ1) is 12.3. The Labute approximate surface area is 154 Å². The van der Waals surface area contributed by atoms with Gasteiger partial charge in [0.1, 0.15) is 28.5 Å². The van der Waals surface area contributed by atoms with Crippen LogP contribution in [0, 0.1) is 0 Å². The third-order valence-electron chi connectivity index (χ3n) is 3.65. The molecule has 9 heteroatoms. The van der Waals surface area contributed by atoms with E-state index in [0.717, 1.165) is 4.47 Å². The highest BCUT2D eigenvalue weighted by Gasteiger charge is 2.28. The molecule has 0 bridgehead atoms. The molecule has 0 saturated carbocycles. The Balaban J connectivity index is 2.27. The molecule has 0 aliphatic rings. The quantitative estimate of drug-likeness (QED) is 0.508. The maximum atomic E-state index is 12.0. The normalized spacial score (nSPS) is 10.7. The number of aromatic nitrogens is 1. The SMILES string of the molecule is Nc1[nH]c(=O)c(C(=O)O)c(-c2ccc(-c3ccc(Br)cc3)o2)c1C(=O)O. The summed E-state index contributed by atoms with van der Waals surface area (Å²) in [7, 11) is 0. The number of benzene rings is 1. The first-order valence-corrected chi connectivity index (χ1v) is 7.97. The second-order valence-electron chi connectivity index (χ2n) is 5.27. The molecule has 3 rings (SSSR count). The van der Waals surface area contributed by atoms with Gasteiger partial charge in [0.2, 0.25) is 0 Å². The van der Waals surface area contributed by atoms with E-state index in [-0.39, 0.29) is 11.3 Å². The number of furan rings is 1. The number of H-pyrrole nitrogens is 1. The summed E-state index contributed by atoms with van der Waals surface area (Å²) in [4.78, 5) is 37.1. The predicted molar refractivity (Wildman–Crippen MR) is 96.2 cm³/mol. The molecule has 26 heavy (non-hydrogen) atoms. The van der Waals surface area contributed by atoms with Crippen molar-refractivity contribution in [3.8, 4) is 22.6 Å². The fraction of sp³-hybridized carbons (Fsp3) is 0. The van der Waals surface area contributed by atoms with Crippen molar-refractivity contribution in [2.45, 2.75) is 0 Å². The Morgan fingerprint density at radius 3 is 2.12 bits per heavy atom. The maximum absolute atomic E-state index is 12.0. The summed E-state index contributed by atoms with van der Waals surface area (Å²) < 4.78 is 6.50. The van der Waals surface area contributed by atoms with Crippen LogP contribution in [0.25, 0.3) is 22.6 Å². The van der Waals surface area contributed by atoms with Crippen LogP contribution in [-0.4, -0.2) is 27.1 Å². The summed E-state index contributed by atoms with van der Waals surface area (Å²) in [6.07, 6.45) is 0. The third kappa shape index (κ3) is 3.00. The highest BCUT2D eigenvalue weighted by Crippen LogP contribution is 2.33. The van der Waals surface area contributed by atoms with Crippen molar-refractivity contribution in [2.75, 3.05) is 5.73 Å². The highest BCUT2D eigenvalue weighted by molar-refractivity contribution is 9.10. The number of carboxylic acid groups (broad SMARTS) is 2. The fourth-order valence-electron chi connectivity index (χ4n) is 2.53. The van der Waals surface area contributed by atoms with Gasteiger partial charge in [0.05, 0.1) is 5.56 Å². The van der Waals surface area contributed by atoms with Crippen molar-refractivity contribution in [1.29, 1.82) is 0 Å². The van der Waals surface area contributed by atoms with Gasteiger partial charge in [0.15, 0.2) is 0 Å². The lowest BCUT2D eigenvalue weighted by Crippen LogP contribution is -2.24. The van der Waals surface area contributed by atoms with Crippen molar-refractivity contribution >= 4 is 33.7 Å². The van der Waals surface area contributed by atoms with Crippen LogP contribution < -0.4 is 11.3 Å². The number of aromatic carboxylic acids is 2. The number of anilines is 1. The molecule has 0 aliphatic carbocycles. The maximum Gasteiger partial charge on any atom is 0.342 e. The topological polar surface area (TPSA) is 147 Å². The fourth-order valence-corrected chi connectivity index (χ4v) is 2.80. The highest BCUT2D eigenvalue weighted by atomic mass is 79.9. The second-order valence-corrected chi connectivity index (χ2v) is 6.19. The van der Waals surface area contributed by atoms with Gasteiger partial charge in [-0.25, -0.2) is 9.59 Å². The van der Waals surface area contributed by atoms with Crippen molar-refractivity contribution < 1.29 is 24.2 Å². The number of carbonyl (C=O) groups is 2. The first-order valence-electron chi connectivity index (χ1n) is 7.18. The zero-order chi connectivity index (χ0) is 19.0. The largest absolute Gasteiger partial charge is 0.478 e. The van der Waals surface area contributed by atoms with E-state index in [2.05, 4.69) is 15.9 Å². The van der Waals surface area contributed by atoms with Crippen LogP contribution in [0.4, 0.5) is 5.82 Å². The predicted octanol–water partition coefficient (Wildman–Crippen LogP) is 3.04. The molecule has 5 N–H and O–H groups in total. The van der Waals surface area contributed by atoms with E-state index in [1.165, 1.54) is 6.07 Å². The molecule has 0 unspecified atom stereocenters. The lowest BCUT2D eigenvalue weighted by atomic mass is 10.0. The van der Waals surface area contributed by atoms with Crippen molar-refractivity contribution in [3.05, 3.63) is 62.4 Å². The molecule has 0 fully saturated rings. The minimum Gasteiger partial charge on any atom is -0.478 e. The number of carboxylic acids is 2. The molecular formula is C17H11BrN2O6. The minimum absolute atomic E-state index is 0.0875. The van der Waals surface area contributed by atoms with Crippen LogP contribution in [0.5, 0.6) is 0 Å². The molecule has 0 atom stereocenters. The summed E-state index contributed by atoms with van der Waals surface area (Å²) in [5.41, 5.74) is 3.58. The van der Waals surface area contributed by atoms with Gasteiger partial charge in [-0.3, -0.25) is 4.79 Å². The number of halogens is 1. The zero-order valence-corrected chi connectivity index (χ0v) is 14.5. The Kier molecular flexibility index (Phi) is 4.39. The molecule has 2 heterocycles. The van der Waals surface area contributed by atoms with Crippen molar-refractivity contribution in [3.63, 3.8) is 0 Å². The summed E-state index contributed by atoms with van der Waals surface area (Å²) in [5, 5.41) is 18.8. The van der Waals surface area contributed by atoms with E-state index >= 15 is 0 Å². The van der Waals surface area contributed by atoms with Crippen LogP contribution in [-0.2, 0) is 0 Å². The Hall–Kier alpha value is -3.33. The molecular weight excluding hydrogens is 408 g/mol. The van der Waals surface area contributed by atoms with Crippen molar-refractivity contribution in [1.82, 2.24) is 4.98 Å². The molecule has 0 aliphatic heterocycles. The first kappa shape index (κ1) is 17.5. The van der Waals surface area contributed by atoms with Crippen LogP contribution in [0.2, 0.25) is 0 Å². The number of hydrogen-bond donors (Lipinski definition) is 4. The lowest BCUT2D eigenvalue weighted by molar-refractivity contribution is 0.0695.